The number of fused-ring (bicyclic) bond motifs is 1. The standard InChI is InChI=1S/C16H32NOP/c1-4-6-7-9-12-16(3,5-2)19-17-13-10-8-11-15(17)14-18-19/h15H,4-14H2,1-3H3. The summed E-state index contributed by atoms with van der Waals surface area (Å²) in [6.45, 7) is 9.45. The van der Waals surface area contributed by atoms with Gasteiger partial charge in [-0.2, -0.15) is 0 Å². The zero-order chi connectivity index (χ0) is 13.7. The molecule has 0 aliphatic carbocycles. The minimum atomic E-state index is -0.336. The van der Waals surface area contributed by atoms with Crippen molar-refractivity contribution in [2.45, 2.75) is 89.8 Å². The monoisotopic (exact) mass is 285 g/mol. The minimum absolute atomic E-state index is 0.336. The third-order valence-electron chi connectivity index (χ3n) is 5.01. The Bertz CT molecular complexity index is 273. The van der Waals surface area contributed by atoms with Crippen molar-refractivity contribution in [1.82, 2.24) is 4.67 Å². The van der Waals surface area contributed by atoms with E-state index in [0.717, 1.165) is 12.6 Å². The molecule has 2 saturated heterocycles. The second-order valence-corrected chi connectivity index (χ2v) is 8.94. The smallest absolute Gasteiger partial charge is 0.110 e. The van der Waals surface area contributed by atoms with E-state index in [4.69, 9.17) is 4.52 Å². The van der Waals surface area contributed by atoms with Gasteiger partial charge in [0, 0.05) is 17.7 Å². The summed E-state index contributed by atoms with van der Waals surface area (Å²) < 4.78 is 9.06. The molecule has 0 aromatic rings. The van der Waals surface area contributed by atoms with Crippen molar-refractivity contribution in [1.29, 1.82) is 0 Å². The third kappa shape index (κ3) is 3.71. The van der Waals surface area contributed by atoms with E-state index in [1.54, 1.807) is 0 Å². The second kappa shape index (κ2) is 7.38. The molecule has 112 valence electrons. The van der Waals surface area contributed by atoms with E-state index < -0.39 is 0 Å². The lowest BCUT2D eigenvalue weighted by molar-refractivity contribution is 0.257. The summed E-state index contributed by atoms with van der Waals surface area (Å²) in [5, 5.41) is 0.426. The molecule has 0 amide bonds. The van der Waals surface area contributed by atoms with Gasteiger partial charge in [0.2, 0.25) is 0 Å². The number of unbranched alkanes of at least 4 members (excludes halogenated alkanes) is 3. The maximum atomic E-state index is 6.30. The maximum Gasteiger partial charge on any atom is 0.110 e. The summed E-state index contributed by atoms with van der Waals surface area (Å²) in [7, 11) is -0.336. The average Bonchev–Trinajstić information content (AvgIpc) is 2.88. The third-order valence-corrected chi connectivity index (χ3v) is 7.86. The predicted molar refractivity (Wildman–Crippen MR) is 84.7 cm³/mol. The highest BCUT2D eigenvalue weighted by Crippen LogP contribution is 2.62. The highest BCUT2D eigenvalue weighted by Gasteiger charge is 2.45. The Balaban J connectivity index is 1.91. The first-order chi connectivity index (χ1) is 9.21. The van der Waals surface area contributed by atoms with Gasteiger partial charge in [-0.25, -0.2) is 0 Å². The molecular formula is C16H32NOP. The first-order valence-electron chi connectivity index (χ1n) is 8.41. The SMILES string of the molecule is CCCCCCC(C)(CC)P1OCC2CCCCN21. The van der Waals surface area contributed by atoms with E-state index in [1.165, 1.54) is 64.3 Å². The molecule has 2 heterocycles. The van der Waals surface area contributed by atoms with Crippen molar-refractivity contribution in [3.05, 3.63) is 0 Å². The summed E-state index contributed by atoms with van der Waals surface area (Å²) in [6, 6.07) is 0.751. The number of hydrogen-bond donors (Lipinski definition) is 0. The van der Waals surface area contributed by atoms with Gasteiger partial charge in [0.1, 0.15) is 8.30 Å². The van der Waals surface area contributed by atoms with Crippen LogP contribution in [-0.2, 0) is 4.52 Å². The summed E-state index contributed by atoms with van der Waals surface area (Å²) in [5.41, 5.74) is 0. The molecule has 2 rings (SSSR count). The zero-order valence-electron chi connectivity index (χ0n) is 13.2. The van der Waals surface area contributed by atoms with Crippen LogP contribution in [0.3, 0.4) is 0 Å². The average molecular weight is 285 g/mol. The number of hydrogen-bond acceptors (Lipinski definition) is 2. The lowest BCUT2D eigenvalue weighted by Crippen LogP contribution is -2.36. The lowest BCUT2D eigenvalue weighted by Gasteiger charge is -2.41. The first-order valence-corrected chi connectivity index (χ1v) is 9.62. The fourth-order valence-electron chi connectivity index (χ4n) is 3.43. The molecule has 0 saturated carbocycles. The molecule has 2 fully saturated rings. The quantitative estimate of drug-likeness (QED) is 0.463. The maximum absolute atomic E-state index is 6.30. The van der Waals surface area contributed by atoms with Crippen LogP contribution in [0.25, 0.3) is 0 Å². The van der Waals surface area contributed by atoms with Crippen LogP contribution in [0, 0.1) is 0 Å². The Hall–Kier alpha value is 0.350. The summed E-state index contributed by atoms with van der Waals surface area (Å²) >= 11 is 0. The van der Waals surface area contributed by atoms with Gasteiger partial charge >= 0.3 is 0 Å². The van der Waals surface area contributed by atoms with Crippen molar-refractivity contribution in [2.24, 2.45) is 0 Å². The van der Waals surface area contributed by atoms with E-state index in [0.29, 0.717) is 5.16 Å². The van der Waals surface area contributed by atoms with Gasteiger partial charge in [-0.1, -0.05) is 52.9 Å². The van der Waals surface area contributed by atoms with Gasteiger partial charge in [-0.05, 0) is 25.7 Å². The highest BCUT2D eigenvalue weighted by molar-refractivity contribution is 7.52. The van der Waals surface area contributed by atoms with Crippen LogP contribution in [0.1, 0.15) is 78.6 Å². The van der Waals surface area contributed by atoms with Crippen molar-refractivity contribution in [2.75, 3.05) is 13.2 Å². The number of nitrogens with zero attached hydrogens (tertiary/aromatic N) is 1. The van der Waals surface area contributed by atoms with Crippen LogP contribution in [0.2, 0.25) is 0 Å². The molecule has 3 atom stereocenters. The topological polar surface area (TPSA) is 12.5 Å². The Kier molecular flexibility index (Phi) is 6.11. The van der Waals surface area contributed by atoms with Gasteiger partial charge in [0.25, 0.3) is 0 Å². The van der Waals surface area contributed by atoms with E-state index in [1.807, 2.05) is 0 Å². The van der Waals surface area contributed by atoms with Gasteiger partial charge < -0.3 is 4.52 Å². The van der Waals surface area contributed by atoms with E-state index in [-0.39, 0.29) is 8.30 Å². The fourth-order valence-corrected chi connectivity index (χ4v) is 6.25. The largest absolute Gasteiger partial charge is 0.341 e. The Morgan fingerprint density at radius 3 is 2.79 bits per heavy atom. The normalized spacial score (nSPS) is 31.1. The van der Waals surface area contributed by atoms with Gasteiger partial charge in [0.05, 0.1) is 6.61 Å². The van der Waals surface area contributed by atoms with Crippen LogP contribution < -0.4 is 0 Å². The molecule has 0 aromatic carbocycles. The molecule has 2 aliphatic heterocycles. The highest BCUT2D eigenvalue weighted by atomic mass is 31.2. The summed E-state index contributed by atoms with van der Waals surface area (Å²) in [6.07, 6.45) is 12.3. The van der Waals surface area contributed by atoms with E-state index >= 15 is 0 Å². The van der Waals surface area contributed by atoms with E-state index in [9.17, 15) is 0 Å². The summed E-state index contributed by atoms with van der Waals surface area (Å²) in [4.78, 5) is 0. The minimum Gasteiger partial charge on any atom is -0.341 e. The molecule has 0 aromatic heterocycles. The summed E-state index contributed by atoms with van der Waals surface area (Å²) in [5.74, 6) is 0. The van der Waals surface area contributed by atoms with Crippen LogP contribution in [-0.4, -0.2) is 29.0 Å². The first kappa shape index (κ1) is 15.7. The van der Waals surface area contributed by atoms with Gasteiger partial charge in [0.15, 0.2) is 0 Å². The molecule has 0 spiro atoms. The number of rotatable bonds is 7. The fraction of sp³-hybridized carbons (Fsp3) is 1.00. The van der Waals surface area contributed by atoms with Gasteiger partial charge in [-0.15, -0.1) is 0 Å². The van der Waals surface area contributed by atoms with Crippen LogP contribution in [0.15, 0.2) is 0 Å². The van der Waals surface area contributed by atoms with E-state index in [2.05, 4.69) is 25.4 Å². The molecule has 0 bridgehead atoms. The molecule has 3 unspecified atom stereocenters. The molecule has 2 nitrogen and oxygen atoms in total. The second-order valence-electron chi connectivity index (χ2n) is 6.54. The molecule has 19 heavy (non-hydrogen) atoms. The predicted octanol–water partition coefficient (Wildman–Crippen LogP) is 5.32. The zero-order valence-corrected chi connectivity index (χ0v) is 14.1. The molecule has 0 N–H and O–H groups in total. The number of piperidine rings is 1. The van der Waals surface area contributed by atoms with Crippen LogP contribution in [0.5, 0.6) is 0 Å². The molecule has 3 heteroatoms. The lowest BCUT2D eigenvalue weighted by atomic mass is 9.99. The Morgan fingerprint density at radius 1 is 1.21 bits per heavy atom. The Morgan fingerprint density at radius 2 is 2.05 bits per heavy atom. The van der Waals surface area contributed by atoms with Crippen molar-refractivity contribution < 1.29 is 4.52 Å². The van der Waals surface area contributed by atoms with Crippen molar-refractivity contribution in [3.63, 3.8) is 0 Å². The van der Waals surface area contributed by atoms with Gasteiger partial charge in [-0.3, -0.25) is 4.67 Å². The van der Waals surface area contributed by atoms with Crippen molar-refractivity contribution in [3.8, 4) is 0 Å². The molecule has 0 radical (unpaired) electrons. The van der Waals surface area contributed by atoms with Crippen molar-refractivity contribution >= 4 is 8.30 Å². The molecular weight excluding hydrogens is 253 g/mol. The Labute approximate surface area is 121 Å². The van der Waals surface area contributed by atoms with Crippen LogP contribution >= 0.6 is 8.30 Å². The van der Waals surface area contributed by atoms with Crippen LogP contribution in [0.4, 0.5) is 0 Å². The molecule has 2 aliphatic rings.